The molecule has 0 amide bonds. The fourth-order valence-corrected chi connectivity index (χ4v) is 1.05. The fraction of sp³-hybridized carbons (Fsp3) is 0.600. The third-order valence-electron chi connectivity index (χ3n) is 1.77. The zero-order chi connectivity index (χ0) is 8.69. The molecule has 0 aromatic heterocycles. The molecule has 11 heavy (non-hydrogen) atoms. The molecule has 0 bridgehead atoms. The average molecular weight is 151 g/mol. The molecule has 0 saturated carbocycles. The number of nitrogens with zero attached hydrogens (tertiary/aromatic N) is 1. The van der Waals surface area contributed by atoms with Gasteiger partial charge in [0.15, 0.2) is 0 Å². The Bertz CT molecular complexity index is 149. The zero-order valence-corrected chi connectivity index (χ0v) is 7.56. The summed E-state index contributed by atoms with van der Waals surface area (Å²) in [6.45, 7) is 10.3. The zero-order valence-electron chi connectivity index (χ0n) is 7.56. The summed E-state index contributed by atoms with van der Waals surface area (Å²) in [5, 5.41) is 0. The van der Waals surface area contributed by atoms with Gasteiger partial charge in [0.25, 0.3) is 0 Å². The number of hydrogen-bond donors (Lipinski definition) is 0. The van der Waals surface area contributed by atoms with E-state index in [1.165, 1.54) is 0 Å². The topological polar surface area (TPSA) is 3.24 Å². The number of allylic oxidation sites excluding steroid dienone is 1. The molecule has 0 fully saturated rings. The van der Waals surface area contributed by atoms with E-state index in [0.29, 0.717) is 0 Å². The second-order valence-electron chi connectivity index (χ2n) is 2.44. The van der Waals surface area contributed by atoms with E-state index in [0.717, 1.165) is 31.6 Å². The van der Waals surface area contributed by atoms with Gasteiger partial charge in [-0.25, -0.2) is 0 Å². The number of terminal acetylenes is 1. The summed E-state index contributed by atoms with van der Waals surface area (Å²) in [5.74, 6) is 2.61. The minimum absolute atomic E-state index is 0.801. The molecule has 62 valence electrons. The van der Waals surface area contributed by atoms with Gasteiger partial charge in [-0.2, -0.15) is 0 Å². The van der Waals surface area contributed by atoms with E-state index >= 15 is 0 Å². The van der Waals surface area contributed by atoms with Gasteiger partial charge in [0.05, 0.1) is 0 Å². The summed E-state index contributed by atoms with van der Waals surface area (Å²) in [4.78, 5) is 2.23. The average Bonchev–Trinajstić information content (AvgIpc) is 2.03. The number of rotatable bonds is 5. The molecule has 0 aliphatic rings. The molecule has 0 atom stereocenters. The van der Waals surface area contributed by atoms with Gasteiger partial charge in [0, 0.05) is 25.2 Å². The monoisotopic (exact) mass is 151 g/mol. The number of hydrogen-bond acceptors (Lipinski definition) is 1. The van der Waals surface area contributed by atoms with Crippen LogP contribution in [0.2, 0.25) is 0 Å². The van der Waals surface area contributed by atoms with E-state index in [2.05, 4.69) is 31.2 Å². The molecule has 0 radical (unpaired) electrons. The molecule has 0 aromatic carbocycles. The van der Waals surface area contributed by atoms with Crippen LogP contribution < -0.4 is 0 Å². The van der Waals surface area contributed by atoms with Crippen LogP contribution in [-0.4, -0.2) is 18.0 Å². The molecule has 0 rings (SSSR count). The molecule has 0 unspecified atom stereocenters. The normalized spacial score (nSPS) is 8.82. The van der Waals surface area contributed by atoms with Gasteiger partial charge in [-0.3, -0.25) is 0 Å². The lowest BCUT2D eigenvalue weighted by atomic mass is 10.2. The second-order valence-corrected chi connectivity index (χ2v) is 2.44. The molecule has 0 spiro atoms. The van der Waals surface area contributed by atoms with Crippen molar-refractivity contribution in [3.8, 4) is 12.3 Å². The van der Waals surface area contributed by atoms with E-state index in [1.54, 1.807) is 0 Å². The van der Waals surface area contributed by atoms with Crippen molar-refractivity contribution < 1.29 is 0 Å². The van der Waals surface area contributed by atoms with Crippen molar-refractivity contribution in [2.45, 2.75) is 26.7 Å². The van der Waals surface area contributed by atoms with E-state index in [1.807, 2.05) is 0 Å². The van der Waals surface area contributed by atoms with E-state index < -0.39 is 0 Å². The molecule has 1 heteroatoms. The Morgan fingerprint density at radius 1 is 1.45 bits per heavy atom. The predicted molar refractivity (Wildman–Crippen MR) is 50.1 cm³/mol. The van der Waals surface area contributed by atoms with Crippen LogP contribution in [-0.2, 0) is 0 Å². The summed E-state index contributed by atoms with van der Waals surface area (Å²) in [5.41, 5.74) is 1.16. The molecular weight excluding hydrogens is 134 g/mol. The Morgan fingerprint density at radius 2 is 2.00 bits per heavy atom. The van der Waals surface area contributed by atoms with Crippen LogP contribution in [0.25, 0.3) is 0 Å². The maximum absolute atomic E-state index is 5.15. The van der Waals surface area contributed by atoms with E-state index in [4.69, 9.17) is 6.42 Å². The van der Waals surface area contributed by atoms with E-state index in [9.17, 15) is 0 Å². The van der Waals surface area contributed by atoms with Crippen molar-refractivity contribution in [2.75, 3.05) is 13.1 Å². The first kappa shape index (κ1) is 10.1. The van der Waals surface area contributed by atoms with Crippen LogP contribution in [0.5, 0.6) is 0 Å². The quantitative estimate of drug-likeness (QED) is 0.545. The van der Waals surface area contributed by atoms with Gasteiger partial charge in [-0.15, -0.1) is 12.3 Å². The van der Waals surface area contributed by atoms with Crippen LogP contribution in [0.15, 0.2) is 12.3 Å². The van der Waals surface area contributed by atoms with Gasteiger partial charge in [0.2, 0.25) is 0 Å². The van der Waals surface area contributed by atoms with Gasteiger partial charge in [-0.05, 0) is 20.3 Å². The Balaban J connectivity index is 3.72. The largest absolute Gasteiger partial charge is 0.376 e. The van der Waals surface area contributed by atoms with E-state index in [-0.39, 0.29) is 0 Å². The lowest BCUT2D eigenvalue weighted by Gasteiger charge is -2.22. The lowest BCUT2D eigenvalue weighted by Crippen LogP contribution is -2.21. The highest BCUT2D eigenvalue weighted by atomic mass is 15.1. The van der Waals surface area contributed by atoms with Gasteiger partial charge in [-0.1, -0.05) is 6.58 Å². The molecule has 0 heterocycles. The lowest BCUT2D eigenvalue weighted by molar-refractivity contribution is 0.371. The first-order valence-electron chi connectivity index (χ1n) is 4.12. The molecule has 0 aromatic rings. The summed E-state index contributed by atoms with van der Waals surface area (Å²) in [7, 11) is 0. The molecule has 0 aliphatic heterocycles. The Morgan fingerprint density at radius 3 is 2.36 bits per heavy atom. The highest BCUT2D eigenvalue weighted by Gasteiger charge is 2.00. The van der Waals surface area contributed by atoms with Crippen LogP contribution in [0, 0.1) is 12.3 Å². The third-order valence-corrected chi connectivity index (χ3v) is 1.77. The van der Waals surface area contributed by atoms with Gasteiger partial charge >= 0.3 is 0 Å². The standard InChI is InChI=1S/C10H17N/c1-5-8-9-10(4)11(6-2)7-3/h1H,4,6-9H2,2-3H3. The SMILES string of the molecule is C#CCCC(=C)N(CC)CC. The maximum Gasteiger partial charge on any atom is 0.0146 e. The predicted octanol–water partition coefficient (Wildman–Crippen LogP) is 2.26. The Kier molecular flexibility index (Phi) is 5.37. The van der Waals surface area contributed by atoms with Gasteiger partial charge in [0.1, 0.15) is 0 Å². The highest BCUT2D eigenvalue weighted by Crippen LogP contribution is 2.07. The summed E-state index contributed by atoms with van der Waals surface area (Å²) in [6, 6.07) is 0. The van der Waals surface area contributed by atoms with Crippen LogP contribution in [0.1, 0.15) is 26.7 Å². The minimum Gasteiger partial charge on any atom is -0.376 e. The first-order chi connectivity index (χ1) is 5.26. The Hall–Kier alpha value is -0.900. The highest BCUT2D eigenvalue weighted by molar-refractivity contribution is 4.97. The summed E-state index contributed by atoms with van der Waals surface area (Å²) >= 11 is 0. The molecule has 0 N–H and O–H groups in total. The summed E-state index contributed by atoms with van der Waals surface area (Å²) in [6.07, 6.45) is 6.88. The van der Waals surface area contributed by atoms with Crippen molar-refractivity contribution >= 4 is 0 Å². The maximum atomic E-state index is 5.15. The smallest absolute Gasteiger partial charge is 0.0146 e. The minimum atomic E-state index is 0.801. The molecule has 0 aliphatic carbocycles. The fourth-order valence-electron chi connectivity index (χ4n) is 1.05. The van der Waals surface area contributed by atoms with Crippen LogP contribution in [0.3, 0.4) is 0 Å². The van der Waals surface area contributed by atoms with Crippen molar-refractivity contribution in [3.05, 3.63) is 12.3 Å². The van der Waals surface area contributed by atoms with Crippen molar-refractivity contribution in [1.82, 2.24) is 4.90 Å². The van der Waals surface area contributed by atoms with Crippen LogP contribution >= 0.6 is 0 Å². The summed E-state index contributed by atoms with van der Waals surface area (Å²) < 4.78 is 0. The van der Waals surface area contributed by atoms with Crippen molar-refractivity contribution in [3.63, 3.8) is 0 Å². The molecule has 0 saturated heterocycles. The Labute approximate surface area is 70.1 Å². The van der Waals surface area contributed by atoms with Crippen molar-refractivity contribution in [1.29, 1.82) is 0 Å². The second kappa shape index (κ2) is 5.85. The van der Waals surface area contributed by atoms with Crippen molar-refractivity contribution in [2.24, 2.45) is 0 Å². The molecular formula is C10H17N. The third kappa shape index (κ3) is 3.72. The molecule has 1 nitrogen and oxygen atoms in total. The van der Waals surface area contributed by atoms with Gasteiger partial charge < -0.3 is 4.90 Å². The first-order valence-corrected chi connectivity index (χ1v) is 4.12. The van der Waals surface area contributed by atoms with Crippen LogP contribution in [0.4, 0.5) is 0 Å².